The van der Waals surface area contributed by atoms with E-state index >= 15 is 0 Å². The molecule has 2 amide bonds. The molecule has 2 aliphatic rings. The summed E-state index contributed by atoms with van der Waals surface area (Å²) in [7, 11) is -3.73. The SMILES string of the molecule is CCOC(=O)N1CCN(C(=O)c2cccc(S(=O)(=O)N3CC(C)OC(C)C3)c2)CC1. The highest BCUT2D eigenvalue weighted by Gasteiger charge is 2.33. The molecule has 2 atom stereocenters. The molecule has 2 aliphatic heterocycles. The van der Waals surface area contributed by atoms with Gasteiger partial charge in [-0.2, -0.15) is 4.31 Å². The zero-order valence-electron chi connectivity index (χ0n) is 17.6. The Hall–Kier alpha value is -2.17. The summed E-state index contributed by atoms with van der Waals surface area (Å²) in [6, 6.07) is 6.14. The predicted molar refractivity (Wildman–Crippen MR) is 110 cm³/mol. The number of amides is 2. The van der Waals surface area contributed by atoms with Crippen LogP contribution >= 0.6 is 0 Å². The van der Waals surface area contributed by atoms with Crippen LogP contribution in [-0.2, 0) is 19.5 Å². The van der Waals surface area contributed by atoms with Crippen molar-refractivity contribution in [1.82, 2.24) is 14.1 Å². The fraction of sp³-hybridized carbons (Fsp3) is 0.600. The Labute approximate surface area is 177 Å². The van der Waals surface area contributed by atoms with E-state index in [1.54, 1.807) is 28.9 Å². The van der Waals surface area contributed by atoms with Gasteiger partial charge in [0, 0.05) is 44.8 Å². The molecule has 2 fully saturated rings. The van der Waals surface area contributed by atoms with Crippen molar-refractivity contribution >= 4 is 22.0 Å². The average Bonchev–Trinajstić information content (AvgIpc) is 2.73. The van der Waals surface area contributed by atoms with Crippen LogP contribution in [0.15, 0.2) is 29.2 Å². The maximum absolute atomic E-state index is 13.1. The smallest absolute Gasteiger partial charge is 0.409 e. The third kappa shape index (κ3) is 4.93. The Morgan fingerprint density at radius 2 is 1.67 bits per heavy atom. The molecular formula is C20H29N3O6S. The molecule has 0 N–H and O–H groups in total. The van der Waals surface area contributed by atoms with E-state index < -0.39 is 10.0 Å². The second-order valence-electron chi connectivity index (χ2n) is 7.59. The van der Waals surface area contributed by atoms with Gasteiger partial charge in [0.25, 0.3) is 5.91 Å². The van der Waals surface area contributed by atoms with Crippen molar-refractivity contribution in [3.05, 3.63) is 29.8 Å². The van der Waals surface area contributed by atoms with E-state index in [1.165, 1.54) is 16.4 Å². The molecule has 0 radical (unpaired) electrons. The molecule has 0 bridgehead atoms. The minimum absolute atomic E-state index is 0.0970. The maximum atomic E-state index is 13.1. The third-order valence-electron chi connectivity index (χ3n) is 5.20. The first-order valence-electron chi connectivity index (χ1n) is 10.2. The van der Waals surface area contributed by atoms with Gasteiger partial charge in [0.2, 0.25) is 10.0 Å². The number of benzene rings is 1. The third-order valence-corrected chi connectivity index (χ3v) is 7.03. The molecule has 9 nitrogen and oxygen atoms in total. The van der Waals surface area contributed by atoms with Gasteiger partial charge in [0.05, 0.1) is 23.7 Å². The Bertz CT molecular complexity index is 872. The molecule has 2 heterocycles. The summed E-state index contributed by atoms with van der Waals surface area (Å²) in [6.07, 6.45) is -0.764. The molecule has 3 rings (SSSR count). The van der Waals surface area contributed by atoms with Gasteiger partial charge < -0.3 is 19.3 Å². The number of ether oxygens (including phenoxy) is 2. The van der Waals surface area contributed by atoms with E-state index in [0.717, 1.165) is 0 Å². The summed E-state index contributed by atoms with van der Waals surface area (Å²) in [5.41, 5.74) is 0.315. The van der Waals surface area contributed by atoms with Gasteiger partial charge in [-0.3, -0.25) is 4.79 Å². The summed E-state index contributed by atoms with van der Waals surface area (Å²) >= 11 is 0. The zero-order valence-corrected chi connectivity index (χ0v) is 18.4. The van der Waals surface area contributed by atoms with Crippen molar-refractivity contribution in [3.63, 3.8) is 0 Å². The number of hydrogen-bond donors (Lipinski definition) is 0. The minimum Gasteiger partial charge on any atom is -0.450 e. The lowest BCUT2D eigenvalue weighted by Gasteiger charge is -2.35. The molecule has 30 heavy (non-hydrogen) atoms. The minimum atomic E-state index is -3.73. The predicted octanol–water partition coefficient (Wildman–Crippen LogP) is 1.40. The standard InChI is InChI=1S/C20H29N3O6S/c1-4-28-20(25)22-10-8-21(9-11-22)19(24)17-6-5-7-18(12-17)30(26,27)23-13-15(2)29-16(3)14-23/h5-7,12,15-16H,4,8-11,13-14H2,1-3H3. The Kier molecular flexibility index (Phi) is 6.99. The first-order chi connectivity index (χ1) is 14.2. The highest BCUT2D eigenvalue weighted by atomic mass is 32.2. The molecule has 0 aliphatic carbocycles. The lowest BCUT2D eigenvalue weighted by atomic mass is 10.2. The summed E-state index contributed by atoms with van der Waals surface area (Å²) in [6.45, 7) is 7.79. The Morgan fingerprint density at radius 1 is 1.07 bits per heavy atom. The number of carbonyl (C=O) groups is 2. The van der Waals surface area contributed by atoms with E-state index in [1.807, 2.05) is 13.8 Å². The second-order valence-corrected chi connectivity index (χ2v) is 9.52. The van der Waals surface area contributed by atoms with Crippen LogP contribution in [0.25, 0.3) is 0 Å². The van der Waals surface area contributed by atoms with Crippen molar-refractivity contribution in [2.45, 2.75) is 37.9 Å². The van der Waals surface area contributed by atoms with E-state index in [0.29, 0.717) is 38.3 Å². The monoisotopic (exact) mass is 439 g/mol. The average molecular weight is 440 g/mol. The van der Waals surface area contributed by atoms with Crippen molar-refractivity contribution in [1.29, 1.82) is 0 Å². The Morgan fingerprint density at radius 3 is 2.27 bits per heavy atom. The first-order valence-corrected chi connectivity index (χ1v) is 11.6. The summed E-state index contributed by atoms with van der Waals surface area (Å²) < 4.78 is 38.2. The van der Waals surface area contributed by atoms with Crippen molar-refractivity contribution < 1.29 is 27.5 Å². The van der Waals surface area contributed by atoms with Gasteiger partial charge in [0.15, 0.2) is 0 Å². The molecule has 1 aromatic carbocycles. The number of piperazine rings is 1. The van der Waals surface area contributed by atoms with Gasteiger partial charge in [0.1, 0.15) is 0 Å². The number of carbonyl (C=O) groups excluding carboxylic acids is 2. The molecule has 2 saturated heterocycles. The van der Waals surface area contributed by atoms with Gasteiger partial charge >= 0.3 is 6.09 Å². The number of sulfonamides is 1. The van der Waals surface area contributed by atoms with Crippen molar-refractivity contribution in [3.8, 4) is 0 Å². The molecular weight excluding hydrogens is 410 g/mol. The van der Waals surface area contributed by atoms with Crippen LogP contribution in [0.5, 0.6) is 0 Å². The molecule has 166 valence electrons. The molecule has 0 saturated carbocycles. The normalized spacial score (nSPS) is 23.3. The highest BCUT2D eigenvalue weighted by Crippen LogP contribution is 2.22. The van der Waals surface area contributed by atoms with E-state index in [2.05, 4.69) is 0 Å². The van der Waals surface area contributed by atoms with E-state index in [-0.39, 0.29) is 42.2 Å². The van der Waals surface area contributed by atoms with Crippen LogP contribution in [0, 0.1) is 0 Å². The van der Waals surface area contributed by atoms with Crippen molar-refractivity contribution in [2.24, 2.45) is 0 Å². The molecule has 0 aromatic heterocycles. The van der Waals surface area contributed by atoms with Crippen LogP contribution in [0.3, 0.4) is 0 Å². The summed E-state index contributed by atoms with van der Waals surface area (Å²) in [5.74, 6) is -0.251. The highest BCUT2D eigenvalue weighted by molar-refractivity contribution is 7.89. The van der Waals surface area contributed by atoms with Crippen LogP contribution < -0.4 is 0 Å². The van der Waals surface area contributed by atoms with Crippen LogP contribution in [0.4, 0.5) is 4.79 Å². The molecule has 1 aromatic rings. The fourth-order valence-electron chi connectivity index (χ4n) is 3.76. The number of hydrogen-bond acceptors (Lipinski definition) is 6. The molecule has 10 heteroatoms. The van der Waals surface area contributed by atoms with Crippen molar-refractivity contribution in [2.75, 3.05) is 45.9 Å². The van der Waals surface area contributed by atoms with Gasteiger partial charge in [-0.15, -0.1) is 0 Å². The number of rotatable bonds is 4. The van der Waals surface area contributed by atoms with Crippen LogP contribution in [0.1, 0.15) is 31.1 Å². The second kappa shape index (κ2) is 9.32. The topological polar surface area (TPSA) is 96.5 Å². The quantitative estimate of drug-likeness (QED) is 0.704. The first kappa shape index (κ1) is 22.5. The summed E-state index contributed by atoms with van der Waals surface area (Å²) in [4.78, 5) is 28.0. The maximum Gasteiger partial charge on any atom is 0.409 e. The molecule has 0 spiro atoms. The van der Waals surface area contributed by atoms with Gasteiger partial charge in [-0.05, 0) is 39.0 Å². The largest absolute Gasteiger partial charge is 0.450 e. The van der Waals surface area contributed by atoms with E-state index in [4.69, 9.17) is 9.47 Å². The number of nitrogens with zero attached hydrogens (tertiary/aromatic N) is 3. The fourth-order valence-corrected chi connectivity index (χ4v) is 5.39. The number of morpholine rings is 1. The lowest BCUT2D eigenvalue weighted by molar-refractivity contribution is -0.0440. The molecule has 2 unspecified atom stereocenters. The Balaban J connectivity index is 1.71. The van der Waals surface area contributed by atoms with Gasteiger partial charge in [-0.1, -0.05) is 6.07 Å². The van der Waals surface area contributed by atoms with Crippen LogP contribution in [-0.4, -0.2) is 92.6 Å². The zero-order chi connectivity index (χ0) is 21.9. The summed E-state index contributed by atoms with van der Waals surface area (Å²) in [5, 5.41) is 0. The lowest BCUT2D eigenvalue weighted by Crippen LogP contribution is -2.50. The van der Waals surface area contributed by atoms with E-state index in [9.17, 15) is 18.0 Å². The van der Waals surface area contributed by atoms with Crippen LogP contribution in [0.2, 0.25) is 0 Å². The van der Waals surface area contributed by atoms with Gasteiger partial charge in [-0.25, -0.2) is 13.2 Å².